The second kappa shape index (κ2) is 16.9. The quantitative estimate of drug-likeness (QED) is 0.0964. The number of carbonyl (C=O) groups is 2. The summed E-state index contributed by atoms with van der Waals surface area (Å²) in [5, 5.41) is 35.4. The molecule has 0 saturated carbocycles. The zero-order valence-electron chi connectivity index (χ0n) is 31.9. The Labute approximate surface area is 295 Å². The van der Waals surface area contributed by atoms with Crippen LogP contribution in [0.5, 0.6) is 0 Å². The van der Waals surface area contributed by atoms with E-state index >= 15 is 0 Å². The molecule has 3 heterocycles. The first-order chi connectivity index (χ1) is 22.7. The van der Waals surface area contributed by atoms with Crippen LogP contribution in [0.25, 0.3) is 0 Å². The van der Waals surface area contributed by atoms with Crippen LogP contribution in [-0.2, 0) is 19.0 Å². The second-order valence-corrected chi connectivity index (χ2v) is 16.7. The van der Waals surface area contributed by atoms with Gasteiger partial charge < -0.3 is 34.8 Å². The van der Waals surface area contributed by atoms with Gasteiger partial charge in [0.25, 0.3) is 0 Å². The molecule has 0 aromatic heterocycles. The summed E-state index contributed by atoms with van der Waals surface area (Å²) in [6, 6.07) is -0.0993. The number of alkyl carbamates (subject to hydrolysis) is 1. The molecule has 1 amide bonds. The lowest BCUT2D eigenvalue weighted by Gasteiger charge is -2.53. The number of likely N-dealkylation sites (tertiary alicyclic amines) is 1. The smallest absolute Gasteiger partial charge is 0.408 e. The maximum atomic E-state index is 13.3. The summed E-state index contributed by atoms with van der Waals surface area (Å²) in [6.45, 7) is 20.2. The normalized spacial score (nSPS) is 35.1. The van der Waals surface area contributed by atoms with E-state index in [1.807, 2.05) is 45.9 Å². The van der Waals surface area contributed by atoms with Crippen molar-refractivity contribution in [3.8, 4) is 0 Å². The van der Waals surface area contributed by atoms with Gasteiger partial charge in [0.15, 0.2) is 6.10 Å². The number of hydrogen-bond acceptors (Lipinski definition) is 9. The molecule has 10 unspecified atom stereocenters. The molecule has 0 radical (unpaired) electrons. The molecule has 0 aromatic carbocycles. The summed E-state index contributed by atoms with van der Waals surface area (Å²) in [7, 11) is 2.11. The molecule has 0 bridgehead atoms. The van der Waals surface area contributed by atoms with Gasteiger partial charge in [0.05, 0.1) is 30.8 Å². The fraction of sp³-hybridized carbons (Fsp3) is 0.795. The van der Waals surface area contributed by atoms with Crippen LogP contribution in [0.2, 0.25) is 0 Å². The van der Waals surface area contributed by atoms with Gasteiger partial charge >= 0.3 is 12.1 Å². The minimum Gasteiger partial charge on any atom is -0.457 e. The van der Waals surface area contributed by atoms with Gasteiger partial charge in [-0.2, -0.15) is 0 Å². The molecule has 49 heavy (non-hydrogen) atoms. The van der Waals surface area contributed by atoms with Crippen molar-refractivity contribution < 1.29 is 39.1 Å². The Hall–Kier alpha value is -2.24. The molecule has 0 spiro atoms. The van der Waals surface area contributed by atoms with E-state index in [9.17, 15) is 24.9 Å². The van der Waals surface area contributed by atoms with Gasteiger partial charge in [-0.3, -0.25) is 9.69 Å². The number of hydrogen-bond donors (Lipinski definition) is 4. The van der Waals surface area contributed by atoms with Crippen molar-refractivity contribution in [1.29, 1.82) is 0 Å². The Balaban J connectivity index is 1.73. The maximum Gasteiger partial charge on any atom is 0.408 e. The first-order valence-electron chi connectivity index (χ1n) is 18.3. The van der Waals surface area contributed by atoms with Gasteiger partial charge in [-0.25, -0.2) is 4.79 Å². The minimum absolute atomic E-state index is 0.0925. The average molecular weight is 691 g/mol. The van der Waals surface area contributed by atoms with Crippen molar-refractivity contribution in [1.82, 2.24) is 10.2 Å². The molecule has 2 fully saturated rings. The first-order valence-corrected chi connectivity index (χ1v) is 18.3. The predicted octanol–water partition coefficient (Wildman–Crippen LogP) is 5.84. The Bertz CT molecular complexity index is 1190. The number of carbonyl (C=O) groups excluding carboxylic acids is 2. The molecule has 4 N–H and O–H groups in total. The summed E-state index contributed by atoms with van der Waals surface area (Å²) >= 11 is 0. The maximum absolute atomic E-state index is 13.3. The third kappa shape index (κ3) is 11.6. The number of rotatable bonds is 10. The largest absolute Gasteiger partial charge is 0.457 e. The molecule has 10 nitrogen and oxygen atoms in total. The highest BCUT2D eigenvalue weighted by Gasteiger charge is 2.46. The van der Waals surface area contributed by atoms with Crippen molar-refractivity contribution in [3.05, 3.63) is 36.0 Å². The summed E-state index contributed by atoms with van der Waals surface area (Å²) in [4.78, 5) is 28.5. The SMILES string of the molecule is CCC(O)C(C)C1OC1CC(C)C=CC=C(C)C1OC(=O)CC(O)CCC(C)(O)C(OC(=O)NC2CC(C)(C)N(C)C(C)(C)C2)C=CC1C. The van der Waals surface area contributed by atoms with Gasteiger partial charge in [-0.05, 0) is 105 Å². The van der Waals surface area contributed by atoms with E-state index in [0.29, 0.717) is 6.42 Å². The summed E-state index contributed by atoms with van der Waals surface area (Å²) < 4.78 is 17.7. The zero-order valence-corrected chi connectivity index (χ0v) is 31.9. The van der Waals surface area contributed by atoms with E-state index in [1.165, 1.54) is 0 Å². The molecule has 0 aromatic rings. The Kier molecular flexibility index (Phi) is 14.2. The van der Waals surface area contributed by atoms with Crippen molar-refractivity contribution in [2.24, 2.45) is 17.8 Å². The summed E-state index contributed by atoms with van der Waals surface area (Å²) in [6.07, 6.45) is 9.23. The fourth-order valence-corrected chi connectivity index (χ4v) is 7.58. The lowest BCUT2D eigenvalue weighted by molar-refractivity contribution is -0.151. The number of piperidine rings is 1. The molecule has 10 heteroatoms. The third-order valence-corrected chi connectivity index (χ3v) is 11.2. The third-order valence-electron chi connectivity index (χ3n) is 11.2. The van der Waals surface area contributed by atoms with Crippen molar-refractivity contribution >= 4 is 12.1 Å². The highest BCUT2D eigenvalue weighted by molar-refractivity contribution is 5.70. The summed E-state index contributed by atoms with van der Waals surface area (Å²) in [5.74, 6) is -0.483. The van der Waals surface area contributed by atoms with E-state index in [2.05, 4.69) is 58.0 Å². The van der Waals surface area contributed by atoms with Crippen molar-refractivity contribution in [2.45, 2.75) is 174 Å². The lowest BCUT2D eigenvalue weighted by Crippen LogP contribution is -2.62. The number of aliphatic hydroxyl groups excluding tert-OH is 2. The first kappa shape index (κ1) is 41.2. The standard InChI is InChI=1S/C39H66N2O8/c1-12-30(43)27(5)35-31(47-35)20-24(2)14-13-15-25(3)34-26(4)16-17-32(39(10,46)19-18-29(42)21-33(44)49-34)48-36(45)40-28-22-37(6,7)41(11)38(8,9)23-28/h13-17,24,26-32,34-35,42-43,46H,12,18-23H2,1-11H3,(H,40,45). The number of nitrogens with zero attached hydrogens (tertiary/aromatic N) is 1. The predicted molar refractivity (Wildman–Crippen MR) is 192 cm³/mol. The number of amides is 1. The van der Waals surface area contributed by atoms with Crippen LogP contribution in [0, 0.1) is 17.8 Å². The number of esters is 1. The lowest BCUT2D eigenvalue weighted by atomic mass is 9.77. The van der Waals surface area contributed by atoms with Crippen LogP contribution in [0.15, 0.2) is 36.0 Å². The van der Waals surface area contributed by atoms with Gasteiger partial charge in [0, 0.05) is 29.0 Å². The fourth-order valence-electron chi connectivity index (χ4n) is 7.58. The molecular formula is C39H66N2O8. The van der Waals surface area contributed by atoms with Crippen molar-refractivity contribution in [2.75, 3.05) is 7.05 Å². The highest BCUT2D eigenvalue weighted by Crippen LogP contribution is 2.38. The Morgan fingerprint density at radius 1 is 1.16 bits per heavy atom. The average Bonchev–Trinajstić information content (AvgIpc) is 3.76. The van der Waals surface area contributed by atoms with Crippen LogP contribution in [0.4, 0.5) is 4.79 Å². The number of cyclic esters (lactones) is 1. The number of allylic oxidation sites excluding steroid dienone is 3. The molecule has 3 aliphatic heterocycles. The number of aliphatic hydroxyl groups is 3. The van der Waals surface area contributed by atoms with Crippen molar-refractivity contribution in [3.63, 3.8) is 0 Å². The topological polar surface area (TPSA) is 141 Å². The van der Waals surface area contributed by atoms with E-state index in [0.717, 1.165) is 24.8 Å². The number of ether oxygens (including phenoxy) is 3. The molecule has 2 saturated heterocycles. The monoisotopic (exact) mass is 690 g/mol. The van der Waals surface area contributed by atoms with Gasteiger partial charge in [0.1, 0.15) is 11.7 Å². The van der Waals surface area contributed by atoms with E-state index < -0.39 is 36.0 Å². The summed E-state index contributed by atoms with van der Waals surface area (Å²) in [5.41, 5.74) is -0.920. The molecule has 280 valence electrons. The molecule has 10 atom stereocenters. The van der Waals surface area contributed by atoms with Gasteiger partial charge in [0.2, 0.25) is 0 Å². The van der Waals surface area contributed by atoms with Crippen LogP contribution in [0.3, 0.4) is 0 Å². The molecule has 3 aliphatic rings. The highest BCUT2D eigenvalue weighted by atomic mass is 16.6. The Morgan fingerprint density at radius 3 is 2.41 bits per heavy atom. The number of nitrogens with one attached hydrogen (secondary N) is 1. The van der Waals surface area contributed by atoms with Crippen LogP contribution < -0.4 is 5.32 Å². The van der Waals surface area contributed by atoms with Crippen LogP contribution >= 0.6 is 0 Å². The second-order valence-electron chi connectivity index (χ2n) is 16.7. The molecule has 0 aliphatic carbocycles. The Morgan fingerprint density at radius 2 is 1.80 bits per heavy atom. The van der Waals surface area contributed by atoms with Gasteiger partial charge in [-0.15, -0.1) is 0 Å². The van der Waals surface area contributed by atoms with Crippen LogP contribution in [-0.4, -0.2) is 98.7 Å². The molecular weight excluding hydrogens is 624 g/mol. The molecule has 3 rings (SSSR count). The van der Waals surface area contributed by atoms with E-state index in [-0.39, 0.29) is 72.4 Å². The van der Waals surface area contributed by atoms with E-state index in [4.69, 9.17) is 14.2 Å². The van der Waals surface area contributed by atoms with Crippen LogP contribution in [0.1, 0.15) is 114 Å². The zero-order chi connectivity index (χ0) is 36.9. The minimum atomic E-state index is -1.49. The number of epoxide rings is 1. The van der Waals surface area contributed by atoms with E-state index in [1.54, 1.807) is 13.0 Å². The van der Waals surface area contributed by atoms with Gasteiger partial charge in [-0.1, -0.05) is 52.0 Å².